The van der Waals surface area contributed by atoms with E-state index in [9.17, 15) is 19.5 Å². The van der Waals surface area contributed by atoms with E-state index in [0.29, 0.717) is 24.7 Å². The molecule has 0 radical (unpaired) electrons. The summed E-state index contributed by atoms with van der Waals surface area (Å²) in [5.74, 6) is 2.44. The van der Waals surface area contributed by atoms with Crippen LogP contribution < -0.4 is 22.1 Å². The third kappa shape index (κ3) is 8.52. The number of nitrogens with two attached hydrogens (primary N) is 2. The molecular formula is C38H50N10O6. The van der Waals surface area contributed by atoms with Gasteiger partial charge in [-0.25, -0.2) is 14.8 Å². The second-order valence-electron chi connectivity index (χ2n) is 15.9. The minimum Gasteiger partial charge on any atom is -0.508 e. The number of aryl methyl sites for hydroxylation is 3. The Morgan fingerprint density at radius 3 is 2.39 bits per heavy atom. The Hall–Kier alpha value is -5.41. The first-order valence-corrected chi connectivity index (χ1v) is 18.8. The van der Waals surface area contributed by atoms with Crippen molar-refractivity contribution < 1.29 is 28.8 Å². The fourth-order valence-corrected chi connectivity index (χ4v) is 9.74. The number of nitrogens with one attached hydrogen (secondary N) is 3. The lowest BCUT2D eigenvalue weighted by Crippen LogP contribution is -2.52. The molecule has 54 heavy (non-hydrogen) atoms. The zero-order chi connectivity index (χ0) is 38.0. The normalized spacial score (nSPS) is 23.1. The van der Waals surface area contributed by atoms with Crippen LogP contribution in [0.25, 0.3) is 0 Å². The molecule has 16 nitrogen and oxygen atoms in total. The molecule has 3 aromatic heterocycles. The minimum absolute atomic E-state index is 0.0717. The van der Waals surface area contributed by atoms with E-state index in [4.69, 9.17) is 25.7 Å². The highest BCUT2D eigenvalue weighted by atomic mass is 16.6. The van der Waals surface area contributed by atoms with E-state index in [1.807, 2.05) is 13.8 Å². The maximum atomic E-state index is 14.4. The van der Waals surface area contributed by atoms with Gasteiger partial charge < -0.3 is 46.0 Å². The Labute approximate surface area is 313 Å². The van der Waals surface area contributed by atoms with Crippen molar-refractivity contribution in [3.8, 4) is 5.75 Å². The molecular weight excluding hydrogens is 692 g/mol. The van der Waals surface area contributed by atoms with Crippen molar-refractivity contribution in [1.82, 2.24) is 40.3 Å². The number of carbonyl (C=O) groups excluding carboxylic acids is 3. The van der Waals surface area contributed by atoms with E-state index in [0.717, 1.165) is 46.6 Å². The molecule has 8 rings (SSSR count). The monoisotopic (exact) mass is 742 g/mol. The fourth-order valence-electron chi connectivity index (χ4n) is 9.74. The van der Waals surface area contributed by atoms with Gasteiger partial charge in [0.2, 0.25) is 11.8 Å². The number of hydrogen-bond donors (Lipinski definition) is 6. The molecule has 4 aliphatic rings. The first-order valence-electron chi connectivity index (χ1n) is 18.8. The second kappa shape index (κ2) is 15.5. The molecule has 3 atom stereocenters. The van der Waals surface area contributed by atoms with Gasteiger partial charge in [0.05, 0.1) is 6.33 Å². The third-order valence-electron chi connectivity index (χ3n) is 11.7. The summed E-state index contributed by atoms with van der Waals surface area (Å²) in [6.07, 6.45) is 13.3. The highest BCUT2D eigenvalue weighted by Gasteiger charge is 2.51. The number of primary amides is 1. The van der Waals surface area contributed by atoms with Crippen LogP contribution in [0.5, 0.6) is 5.75 Å². The summed E-state index contributed by atoms with van der Waals surface area (Å²) in [5, 5.41) is 20.5. The number of nitrogens with zero attached hydrogens (tertiary/aromatic N) is 5. The summed E-state index contributed by atoms with van der Waals surface area (Å²) >= 11 is 0. The fraction of sp³-hybridized carbons (Fsp3) is 0.553. The van der Waals surface area contributed by atoms with Crippen LogP contribution in [0.2, 0.25) is 0 Å². The SMILES string of the molecule is Cc1cc(O)cc(C)c1C[C@H](NC(=O)[C@@H](CCCn1ccnc1N)OC(N)=O)C(=O)N[C@@H](Cc1cnc[nH]1)c1nc(CC23CC4CC(CC(C4)C2)C3)no1. The molecule has 4 aromatic rings. The van der Waals surface area contributed by atoms with E-state index in [1.165, 1.54) is 38.5 Å². The smallest absolute Gasteiger partial charge is 0.405 e. The van der Waals surface area contributed by atoms with E-state index < -0.39 is 36.1 Å². The molecule has 1 aromatic carbocycles. The standard InChI is InChI=1S/C38H50N10O6/c1-21-8-27(49)9-22(2)28(21)14-29(44-34(51)31(53-37(40)52)4-3-6-48-7-5-42-36(48)39)33(50)45-30(13-26-19-41-20-43-26)35-46-32(47-54-35)18-38-15-23-10-24(16-38)12-25(11-23)17-38/h5,7-9,19-20,23-25,29-31,49H,3-4,6,10-18H2,1-2H3,(H2,39,42)(H2,40,52)(H,41,43)(H,44,51)(H,45,50)/t23?,24?,25?,29-,30-,31+,38?/m0/s1. The summed E-state index contributed by atoms with van der Waals surface area (Å²) in [4.78, 5) is 56.2. The molecule has 3 amide bonds. The van der Waals surface area contributed by atoms with E-state index in [-0.39, 0.29) is 36.3 Å². The van der Waals surface area contributed by atoms with E-state index >= 15 is 0 Å². The lowest BCUT2D eigenvalue weighted by molar-refractivity contribution is -0.134. The zero-order valence-electron chi connectivity index (χ0n) is 30.8. The third-order valence-corrected chi connectivity index (χ3v) is 11.7. The molecule has 0 spiro atoms. The number of H-pyrrole nitrogens is 1. The number of imidazole rings is 2. The minimum atomic E-state index is -1.28. The molecule has 4 aliphatic carbocycles. The van der Waals surface area contributed by atoms with Crippen molar-refractivity contribution in [1.29, 1.82) is 0 Å². The van der Waals surface area contributed by atoms with Gasteiger partial charge in [-0.2, -0.15) is 4.98 Å². The number of hydrogen-bond acceptors (Lipinski definition) is 11. The molecule has 8 N–H and O–H groups in total. The van der Waals surface area contributed by atoms with Gasteiger partial charge >= 0.3 is 6.09 Å². The Morgan fingerprint density at radius 1 is 1.07 bits per heavy atom. The average molecular weight is 743 g/mol. The number of aromatic nitrogens is 6. The molecule has 0 unspecified atom stereocenters. The quantitative estimate of drug-likeness (QED) is 0.0966. The molecule has 4 bridgehead atoms. The average Bonchev–Trinajstić information content (AvgIpc) is 3.87. The molecule has 3 heterocycles. The Balaban J connectivity index is 1.11. The summed E-state index contributed by atoms with van der Waals surface area (Å²) in [6, 6.07) is 1.31. The van der Waals surface area contributed by atoms with Crippen molar-refractivity contribution in [3.63, 3.8) is 0 Å². The number of amides is 3. The largest absolute Gasteiger partial charge is 0.508 e. The van der Waals surface area contributed by atoms with Gasteiger partial charge in [0, 0.05) is 50.1 Å². The molecule has 4 saturated carbocycles. The highest BCUT2D eigenvalue weighted by Crippen LogP contribution is 2.60. The van der Waals surface area contributed by atoms with Crippen LogP contribution in [-0.2, 0) is 40.1 Å². The number of carbonyl (C=O) groups is 3. The lowest BCUT2D eigenvalue weighted by atomic mass is 9.49. The summed E-state index contributed by atoms with van der Waals surface area (Å²) in [7, 11) is 0. The molecule has 0 saturated heterocycles. The number of nitrogen functional groups attached to an aromatic ring is 1. The lowest BCUT2D eigenvalue weighted by Gasteiger charge is -2.56. The maximum absolute atomic E-state index is 14.4. The van der Waals surface area contributed by atoms with Crippen LogP contribution in [-0.4, -0.2) is 64.8 Å². The van der Waals surface area contributed by atoms with Crippen molar-refractivity contribution >= 4 is 23.9 Å². The number of aromatic amines is 1. The first kappa shape index (κ1) is 36.9. The predicted molar refractivity (Wildman–Crippen MR) is 195 cm³/mol. The van der Waals surface area contributed by atoms with Crippen LogP contribution in [0.4, 0.5) is 10.7 Å². The number of phenolic OH excluding ortho intramolecular Hbond substituents is 1. The first-order chi connectivity index (χ1) is 25.9. The summed E-state index contributed by atoms with van der Waals surface area (Å²) in [5.41, 5.74) is 14.4. The van der Waals surface area contributed by atoms with E-state index in [2.05, 4.69) is 30.7 Å². The van der Waals surface area contributed by atoms with Crippen LogP contribution in [0.3, 0.4) is 0 Å². The number of benzene rings is 1. The topological polar surface area (TPSA) is 242 Å². The Kier molecular flexibility index (Phi) is 10.6. The van der Waals surface area contributed by atoms with Crippen molar-refractivity contribution in [2.75, 3.05) is 5.73 Å². The Bertz CT molecular complexity index is 1900. The van der Waals surface area contributed by atoms with Crippen molar-refractivity contribution in [2.45, 2.75) is 109 Å². The van der Waals surface area contributed by atoms with Crippen LogP contribution in [0, 0.1) is 37.0 Å². The van der Waals surface area contributed by atoms with Gasteiger partial charge in [-0.1, -0.05) is 5.16 Å². The summed E-state index contributed by atoms with van der Waals surface area (Å²) in [6.45, 7) is 4.06. The Morgan fingerprint density at radius 2 is 1.78 bits per heavy atom. The predicted octanol–water partition coefficient (Wildman–Crippen LogP) is 3.72. The van der Waals surface area contributed by atoms with E-state index in [1.54, 1.807) is 41.6 Å². The molecule has 288 valence electrons. The molecule has 4 fully saturated rings. The number of rotatable bonds is 16. The van der Waals surface area contributed by atoms with Gasteiger partial charge in [-0.15, -0.1) is 0 Å². The molecule has 0 aliphatic heterocycles. The van der Waals surface area contributed by atoms with Crippen LogP contribution in [0.15, 0.2) is 41.6 Å². The van der Waals surface area contributed by atoms with Crippen molar-refractivity contribution in [2.24, 2.45) is 28.9 Å². The van der Waals surface area contributed by atoms with Crippen molar-refractivity contribution in [3.05, 3.63) is 71.1 Å². The maximum Gasteiger partial charge on any atom is 0.405 e. The van der Waals surface area contributed by atoms with Crippen LogP contribution in [0.1, 0.15) is 91.5 Å². The van der Waals surface area contributed by atoms with Gasteiger partial charge in [0.1, 0.15) is 17.8 Å². The number of ether oxygens (including phenoxy) is 1. The summed E-state index contributed by atoms with van der Waals surface area (Å²) < 4.78 is 12.8. The van der Waals surface area contributed by atoms with Gasteiger partial charge in [-0.05, 0) is 117 Å². The number of anilines is 1. The van der Waals surface area contributed by atoms with Gasteiger partial charge in [0.25, 0.3) is 5.91 Å². The van der Waals surface area contributed by atoms with Gasteiger partial charge in [0.15, 0.2) is 17.9 Å². The molecule has 16 heteroatoms. The second-order valence-corrected chi connectivity index (χ2v) is 15.9. The van der Waals surface area contributed by atoms with Gasteiger partial charge in [-0.3, -0.25) is 9.59 Å². The van der Waals surface area contributed by atoms with Crippen LogP contribution >= 0.6 is 0 Å². The number of phenols is 1. The zero-order valence-corrected chi connectivity index (χ0v) is 30.8. The number of aromatic hydroxyl groups is 1. The highest BCUT2D eigenvalue weighted by molar-refractivity contribution is 5.90.